The molecule has 0 saturated carbocycles. The van der Waals surface area contributed by atoms with Gasteiger partial charge in [-0.1, -0.05) is 13.8 Å². The van der Waals surface area contributed by atoms with Crippen LogP contribution in [-0.2, 0) is 4.74 Å². The van der Waals surface area contributed by atoms with Crippen molar-refractivity contribution in [3.8, 4) is 0 Å². The Morgan fingerprint density at radius 3 is 3.06 bits per heavy atom. The number of nitrogens with zero attached hydrogens (tertiary/aromatic N) is 1. The fourth-order valence-electron chi connectivity index (χ4n) is 1.94. The molecule has 16 heavy (non-hydrogen) atoms. The predicted octanol–water partition coefficient (Wildman–Crippen LogP) is 1.44. The number of hydrogen-bond acceptors (Lipinski definition) is 4. The van der Waals surface area contributed by atoms with Crippen LogP contribution in [0.4, 0.5) is 0 Å². The molecule has 1 N–H and O–H groups in total. The summed E-state index contributed by atoms with van der Waals surface area (Å²) in [5.74, 6) is 2.48. The van der Waals surface area contributed by atoms with E-state index in [1.54, 1.807) is 0 Å². The zero-order chi connectivity index (χ0) is 11.6. The van der Waals surface area contributed by atoms with Gasteiger partial charge in [-0.3, -0.25) is 4.90 Å². The van der Waals surface area contributed by atoms with Gasteiger partial charge in [0.25, 0.3) is 0 Å². The highest BCUT2D eigenvalue weighted by Crippen LogP contribution is 2.08. The third kappa shape index (κ3) is 5.53. The lowest BCUT2D eigenvalue weighted by atomic mass is 10.2. The second-order valence-corrected chi connectivity index (χ2v) is 5.56. The first-order valence-electron chi connectivity index (χ1n) is 6.48. The van der Waals surface area contributed by atoms with Crippen LogP contribution >= 0.6 is 11.8 Å². The summed E-state index contributed by atoms with van der Waals surface area (Å²) in [6.45, 7) is 10.7. The lowest BCUT2D eigenvalue weighted by molar-refractivity contribution is -0.00350. The molecule has 1 atom stereocenters. The van der Waals surface area contributed by atoms with Crippen LogP contribution < -0.4 is 5.32 Å². The van der Waals surface area contributed by atoms with Gasteiger partial charge in [-0.05, 0) is 18.7 Å². The topological polar surface area (TPSA) is 24.5 Å². The molecule has 0 aromatic rings. The average molecular weight is 246 g/mol. The zero-order valence-corrected chi connectivity index (χ0v) is 11.5. The lowest BCUT2D eigenvalue weighted by Crippen LogP contribution is -2.51. The van der Waals surface area contributed by atoms with E-state index in [1.165, 1.54) is 24.5 Å². The summed E-state index contributed by atoms with van der Waals surface area (Å²) in [5, 5.41) is 3.50. The third-order valence-corrected chi connectivity index (χ3v) is 3.76. The maximum atomic E-state index is 5.56. The smallest absolute Gasteiger partial charge is 0.0634 e. The summed E-state index contributed by atoms with van der Waals surface area (Å²) in [6.07, 6.45) is 1.21. The van der Waals surface area contributed by atoms with Gasteiger partial charge in [0.15, 0.2) is 0 Å². The van der Waals surface area contributed by atoms with Crippen LogP contribution in [0.3, 0.4) is 0 Å². The zero-order valence-electron chi connectivity index (χ0n) is 10.7. The Bertz CT molecular complexity index is 151. The average Bonchev–Trinajstić information content (AvgIpc) is 2.32. The van der Waals surface area contributed by atoms with Crippen molar-refractivity contribution in [3.63, 3.8) is 0 Å². The Morgan fingerprint density at radius 2 is 2.31 bits per heavy atom. The molecule has 0 radical (unpaired) electrons. The van der Waals surface area contributed by atoms with E-state index in [4.69, 9.17) is 4.74 Å². The van der Waals surface area contributed by atoms with E-state index in [9.17, 15) is 0 Å². The molecule has 1 unspecified atom stereocenters. The number of morpholine rings is 1. The van der Waals surface area contributed by atoms with Crippen LogP contribution in [0.15, 0.2) is 0 Å². The number of rotatable bonds is 8. The molecule has 1 fully saturated rings. The van der Waals surface area contributed by atoms with Crippen LogP contribution in [0.2, 0.25) is 0 Å². The minimum absolute atomic E-state index is 0.581. The fraction of sp³-hybridized carbons (Fsp3) is 1.00. The number of hydrogen-bond donors (Lipinski definition) is 1. The Hall–Kier alpha value is 0.230. The van der Waals surface area contributed by atoms with Crippen molar-refractivity contribution in [1.82, 2.24) is 10.2 Å². The Morgan fingerprint density at radius 1 is 1.44 bits per heavy atom. The summed E-state index contributed by atoms with van der Waals surface area (Å²) in [5.41, 5.74) is 0. The molecule has 1 heterocycles. The molecule has 3 nitrogen and oxygen atoms in total. The van der Waals surface area contributed by atoms with Crippen LogP contribution in [-0.4, -0.2) is 61.8 Å². The van der Waals surface area contributed by atoms with E-state index >= 15 is 0 Å². The van der Waals surface area contributed by atoms with E-state index in [-0.39, 0.29) is 0 Å². The first-order chi connectivity index (χ1) is 7.88. The largest absolute Gasteiger partial charge is 0.378 e. The quantitative estimate of drug-likeness (QED) is 0.655. The fourth-order valence-corrected chi connectivity index (χ4v) is 2.60. The van der Waals surface area contributed by atoms with Gasteiger partial charge in [0.2, 0.25) is 0 Å². The van der Waals surface area contributed by atoms with Crippen molar-refractivity contribution >= 4 is 11.8 Å². The number of ether oxygens (including phenoxy) is 1. The van der Waals surface area contributed by atoms with Crippen molar-refractivity contribution in [2.75, 3.05) is 50.9 Å². The summed E-state index contributed by atoms with van der Waals surface area (Å²) in [6, 6.07) is 0.581. The van der Waals surface area contributed by atoms with Gasteiger partial charge in [0, 0.05) is 31.4 Å². The van der Waals surface area contributed by atoms with E-state index in [2.05, 4.69) is 24.1 Å². The van der Waals surface area contributed by atoms with Gasteiger partial charge in [-0.15, -0.1) is 0 Å². The van der Waals surface area contributed by atoms with Crippen LogP contribution in [0.5, 0.6) is 0 Å². The van der Waals surface area contributed by atoms with Crippen LogP contribution in [0.1, 0.15) is 20.3 Å². The van der Waals surface area contributed by atoms with Gasteiger partial charge in [0.1, 0.15) is 0 Å². The number of thioether (sulfide) groups is 1. The predicted molar refractivity (Wildman–Crippen MR) is 72.3 cm³/mol. The third-order valence-electron chi connectivity index (χ3n) is 2.88. The molecule has 0 aliphatic carbocycles. The molecule has 0 aromatic carbocycles. The summed E-state index contributed by atoms with van der Waals surface area (Å²) in [7, 11) is 0. The molecule has 1 saturated heterocycles. The molecule has 0 aromatic heterocycles. The van der Waals surface area contributed by atoms with Crippen LogP contribution in [0.25, 0.3) is 0 Å². The van der Waals surface area contributed by atoms with Crippen molar-refractivity contribution in [3.05, 3.63) is 0 Å². The Kier molecular flexibility index (Phi) is 8.29. The Balaban J connectivity index is 2.20. The first-order valence-corrected chi connectivity index (χ1v) is 7.64. The molecular weight excluding hydrogens is 220 g/mol. The van der Waals surface area contributed by atoms with Crippen molar-refractivity contribution in [2.24, 2.45) is 0 Å². The second kappa shape index (κ2) is 9.28. The normalized spacial score (nSPS) is 22.5. The van der Waals surface area contributed by atoms with Crippen molar-refractivity contribution in [1.29, 1.82) is 0 Å². The molecule has 4 heteroatoms. The minimum atomic E-state index is 0.581. The molecule has 0 bridgehead atoms. The van der Waals surface area contributed by atoms with E-state index in [0.717, 1.165) is 32.8 Å². The Labute approximate surface area is 104 Å². The van der Waals surface area contributed by atoms with Gasteiger partial charge < -0.3 is 10.1 Å². The molecule has 1 aliphatic heterocycles. The van der Waals surface area contributed by atoms with Crippen molar-refractivity contribution in [2.45, 2.75) is 26.3 Å². The highest BCUT2D eigenvalue weighted by atomic mass is 32.2. The molecule has 96 valence electrons. The maximum absolute atomic E-state index is 5.56. The van der Waals surface area contributed by atoms with Crippen LogP contribution in [0, 0.1) is 0 Å². The molecule has 0 spiro atoms. The SMILES string of the molecule is CCCNCC1COCCN1CCSCC. The monoisotopic (exact) mass is 246 g/mol. The van der Waals surface area contributed by atoms with E-state index in [0.29, 0.717) is 6.04 Å². The highest BCUT2D eigenvalue weighted by Gasteiger charge is 2.21. The van der Waals surface area contributed by atoms with E-state index < -0.39 is 0 Å². The molecular formula is C12H26N2OS. The van der Waals surface area contributed by atoms with Gasteiger partial charge in [-0.25, -0.2) is 0 Å². The standard InChI is InChI=1S/C12H26N2OS/c1-3-5-13-10-12-11-15-8-6-14(12)7-9-16-4-2/h12-13H,3-11H2,1-2H3. The van der Waals surface area contributed by atoms with Gasteiger partial charge in [0.05, 0.1) is 13.2 Å². The van der Waals surface area contributed by atoms with Gasteiger partial charge in [-0.2, -0.15) is 11.8 Å². The minimum Gasteiger partial charge on any atom is -0.378 e. The maximum Gasteiger partial charge on any atom is 0.0634 e. The highest BCUT2D eigenvalue weighted by molar-refractivity contribution is 7.99. The first kappa shape index (κ1) is 14.3. The molecule has 1 rings (SSSR count). The molecule has 1 aliphatic rings. The van der Waals surface area contributed by atoms with E-state index in [1.807, 2.05) is 11.8 Å². The summed E-state index contributed by atoms with van der Waals surface area (Å²) in [4.78, 5) is 2.58. The second-order valence-electron chi connectivity index (χ2n) is 4.17. The van der Waals surface area contributed by atoms with Crippen molar-refractivity contribution < 1.29 is 4.74 Å². The summed E-state index contributed by atoms with van der Waals surface area (Å²) < 4.78 is 5.56. The lowest BCUT2D eigenvalue weighted by Gasteiger charge is -2.35. The number of nitrogens with one attached hydrogen (secondary N) is 1. The summed E-state index contributed by atoms with van der Waals surface area (Å²) >= 11 is 2.03. The molecule has 0 amide bonds. The van der Waals surface area contributed by atoms with Gasteiger partial charge >= 0.3 is 0 Å².